The molecule has 1 atom stereocenters. The van der Waals surface area contributed by atoms with Gasteiger partial charge in [-0.2, -0.15) is 5.10 Å². The highest BCUT2D eigenvalue weighted by Gasteiger charge is 2.24. The van der Waals surface area contributed by atoms with E-state index in [2.05, 4.69) is 20.7 Å². The van der Waals surface area contributed by atoms with Crippen LogP contribution in [0.25, 0.3) is 5.65 Å². The summed E-state index contributed by atoms with van der Waals surface area (Å²) < 4.78 is 7.41. The van der Waals surface area contributed by atoms with Crippen molar-refractivity contribution in [2.45, 2.75) is 31.2 Å². The third kappa shape index (κ3) is 3.93. The molecule has 8 heteroatoms. The second-order valence-electron chi connectivity index (χ2n) is 7.42. The van der Waals surface area contributed by atoms with Gasteiger partial charge < -0.3 is 15.4 Å². The summed E-state index contributed by atoms with van der Waals surface area (Å²) >= 11 is 0. The van der Waals surface area contributed by atoms with E-state index in [0.717, 1.165) is 55.1 Å². The lowest BCUT2D eigenvalue weighted by atomic mass is 9.98. The third-order valence-electron chi connectivity index (χ3n) is 5.58. The van der Waals surface area contributed by atoms with E-state index in [4.69, 9.17) is 4.74 Å². The van der Waals surface area contributed by atoms with Gasteiger partial charge in [0.1, 0.15) is 5.75 Å². The number of fused-ring (bicyclic) bond motifs is 2. The number of halogens is 1. The molecule has 7 nitrogen and oxygen atoms in total. The molecular formula is C21H24ClN5O2. The zero-order chi connectivity index (χ0) is 18.9. The smallest absolute Gasteiger partial charge is 0.253 e. The van der Waals surface area contributed by atoms with Crippen LogP contribution in [0, 0.1) is 0 Å². The number of pyridine rings is 1. The van der Waals surface area contributed by atoms with E-state index in [-0.39, 0.29) is 24.4 Å². The summed E-state index contributed by atoms with van der Waals surface area (Å²) in [6.07, 6.45) is 4.63. The third-order valence-corrected chi connectivity index (χ3v) is 5.58. The fourth-order valence-corrected chi connectivity index (χ4v) is 4.02. The van der Waals surface area contributed by atoms with Crippen LogP contribution in [-0.2, 0) is 0 Å². The van der Waals surface area contributed by atoms with Gasteiger partial charge in [0.05, 0.1) is 18.2 Å². The van der Waals surface area contributed by atoms with Crippen LogP contribution in [0.15, 0.2) is 42.6 Å². The number of hydrogen-bond donors (Lipinski definition) is 2. The molecule has 4 heterocycles. The van der Waals surface area contributed by atoms with E-state index in [1.54, 1.807) is 10.7 Å². The second-order valence-corrected chi connectivity index (χ2v) is 7.42. The standard InChI is InChI=1S/C21H23N5O2.ClH/c27-21(23-17-9-12-28-18-4-2-1-3-16(17)18)15-5-6-19-24-20(25-26(19)13-15)14-7-10-22-11-8-14;/h1-6,13-14,17,22H,7-12H2,(H,23,27);1H/t17-;/m0./s1. The number of amides is 1. The van der Waals surface area contributed by atoms with Crippen LogP contribution >= 0.6 is 12.4 Å². The van der Waals surface area contributed by atoms with Crippen LogP contribution < -0.4 is 15.4 Å². The molecule has 2 N–H and O–H groups in total. The maximum absolute atomic E-state index is 12.9. The number of ether oxygens (including phenoxy) is 1. The van der Waals surface area contributed by atoms with Gasteiger partial charge in [0, 0.05) is 24.1 Å². The Balaban J connectivity index is 0.00000205. The molecular weight excluding hydrogens is 390 g/mol. The Bertz CT molecular complexity index is 1020. The Hall–Kier alpha value is -2.64. The molecule has 0 bridgehead atoms. The summed E-state index contributed by atoms with van der Waals surface area (Å²) in [4.78, 5) is 17.5. The fourth-order valence-electron chi connectivity index (χ4n) is 4.02. The number of benzene rings is 1. The number of piperidine rings is 1. The molecule has 2 aromatic heterocycles. The Morgan fingerprint density at radius 3 is 2.83 bits per heavy atom. The summed E-state index contributed by atoms with van der Waals surface area (Å²) in [6, 6.07) is 11.5. The minimum Gasteiger partial charge on any atom is -0.493 e. The summed E-state index contributed by atoms with van der Waals surface area (Å²) in [5.41, 5.74) is 2.39. The zero-order valence-electron chi connectivity index (χ0n) is 16.0. The molecule has 1 fully saturated rings. The average molecular weight is 414 g/mol. The van der Waals surface area contributed by atoms with Gasteiger partial charge in [0.25, 0.3) is 5.91 Å². The monoisotopic (exact) mass is 413 g/mol. The van der Waals surface area contributed by atoms with Gasteiger partial charge in [-0.25, -0.2) is 9.50 Å². The van der Waals surface area contributed by atoms with E-state index in [9.17, 15) is 4.79 Å². The van der Waals surface area contributed by atoms with Crippen molar-refractivity contribution in [3.05, 3.63) is 59.5 Å². The average Bonchev–Trinajstić information content (AvgIpc) is 3.18. The molecule has 1 amide bonds. The highest BCUT2D eigenvalue weighted by Crippen LogP contribution is 2.31. The molecule has 0 unspecified atom stereocenters. The number of para-hydroxylation sites is 1. The van der Waals surface area contributed by atoms with Gasteiger partial charge in [-0.1, -0.05) is 18.2 Å². The van der Waals surface area contributed by atoms with Gasteiger partial charge in [-0.05, 0) is 44.1 Å². The lowest BCUT2D eigenvalue weighted by Crippen LogP contribution is -2.32. The number of rotatable bonds is 3. The first-order valence-corrected chi connectivity index (χ1v) is 9.87. The van der Waals surface area contributed by atoms with E-state index in [1.165, 1.54) is 0 Å². The number of hydrogen-bond acceptors (Lipinski definition) is 5. The number of nitrogens with zero attached hydrogens (tertiary/aromatic N) is 3. The molecule has 2 aliphatic rings. The highest BCUT2D eigenvalue weighted by atomic mass is 35.5. The minimum absolute atomic E-state index is 0. The quantitative estimate of drug-likeness (QED) is 0.690. The van der Waals surface area contributed by atoms with Crippen molar-refractivity contribution in [1.29, 1.82) is 0 Å². The van der Waals surface area contributed by atoms with Crippen LogP contribution in [0.3, 0.4) is 0 Å². The number of aromatic nitrogens is 3. The van der Waals surface area contributed by atoms with E-state index < -0.39 is 0 Å². The molecule has 0 saturated carbocycles. The summed E-state index contributed by atoms with van der Waals surface area (Å²) in [5.74, 6) is 1.99. The first-order valence-electron chi connectivity index (χ1n) is 9.87. The maximum atomic E-state index is 12.9. The zero-order valence-corrected chi connectivity index (χ0v) is 16.8. The number of carbonyl (C=O) groups is 1. The van der Waals surface area contributed by atoms with Crippen molar-refractivity contribution in [3.63, 3.8) is 0 Å². The molecule has 29 heavy (non-hydrogen) atoms. The molecule has 1 saturated heterocycles. The van der Waals surface area contributed by atoms with Crippen LogP contribution in [0.2, 0.25) is 0 Å². The largest absolute Gasteiger partial charge is 0.493 e. The summed E-state index contributed by atoms with van der Waals surface area (Å²) in [6.45, 7) is 2.60. The lowest BCUT2D eigenvalue weighted by Gasteiger charge is -2.26. The fraction of sp³-hybridized carbons (Fsp3) is 0.381. The van der Waals surface area contributed by atoms with Crippen LogP contribution in [0.4, 0.5) is 0 Å². The molecule has 5 rings (SSSR count). The van der Waals surface area contributed by atoms with Gasteiger partial charge >= 0.3 is 0 Å². The second kappa shape index (κ2) is 8.39. The molecule has 152 valence electrons. The van der Waals surface area contributed by atoms with Crippen LogP contribution in [0.1, 0.15) is 53.0 Å². The normalized spacial score (nSPS) is 19.1. The van der Waals surface area contributed by atoms with Gasteiger partial charge in [0.2, 0.25) is 0 Å². The molecule has 0 aliphatic carbocycles. The van der Waals surface area contributed by atoms with Crippen molar-refractivity contribution in [2.24, 2.45) is 0 Å². The van der Waals surface area contributed by atoms with E-state index >= 15 is 0 Å². The first kappa shape index (κ1) is 19.7. The predicted molar refractivity (Wildman–Crippen MR) is 112 cm³/mol. The summed E-state index contributed by atoms with van der Waals surface area (Å²) in [5, 5.41) is 11.1. The van der Waals surface area contributed by atoms with Crippen molar-refractivity contribution in [1.82, 2.24) is 25.2 Å². The van der Waals surface area contributed by atoms with Crippen LogP contribution in [-0.4, -0.2) is 40.2 Å². The van der Waals surface area contributed by atoms with E-state index in [1.807, 2.05) is 36.4 Å². The minimum atomic E-state index is -0.109. The topological polar surface area (TPSA) is 80.5 Å². The van der Waals surface area contributed by atoms with Crippen molar-refractivity contribution in [2.75, 3.05) is 19.7 Å². The highest BCUT2D eigenvalue weighted by molar-refractivity contribution is 5.94. The van der Waals surface area contributed by atoms with Crippen molar-refractivity contribution >= 4 is 24.0 Å². The van der Waals surface area contributed by atoms with Crippen LogP contribution in [0.5, 0.6) is 5.75 Å². The van der Waals surface area contributed by atoms with Crippen molar-refractivity contribution in [3.8, 4) is 5.75 Å². The Labute approximate surface area is 175 Å². The molecule has 0 radical (unpaired) electrons. The van der Waals surface area contributed by atoms with Gasteiger partial charge in [-0.3, -0.25) is 4.79 Å². The number of nitrogens with one attached hydrogen (secondary N) is 2. The Morgan fingerprint density at radius 1 is 1.14 bits per heavy atom. The molecule has 1 aromatic carbocycles. The SMILES string of the molecule is Cl.O=C(N[C@H]1CCOc2ccccc21)c1ccc2nc(C3CCNCC3)nn2c1. The Morgan fingerprint density at radius 2 is 1.97 bits per heavy atom. The van der Waals surface area contributed by atoms with Gasteiger partial charge in [0.15, 0.2) is 11.5 Å². The molecule has 0 spiro atoms. The maximum Gasteiger partial charge on any atom is 0.253 e. The molecule has 2 aliphatic heterocycles. The number of carbonyl (C=O) groups excluding carboxylic acids is 1. The lowest BCUT2D eigenvalue weighted by molar-refractivity contribution is 0.0924. The van der Waals surface area contributed by atoms with Crippen molar-refractivity contribution < 1.29 is 9.53 Å². The van der Waals surface area contributed by atoms with E-state index in [0.29, 0.717) is 18.1 Å². The Kier molecular flexibility index (Phi) is 5.69. The first-order chi connectivity index (χ1) is 13.8. The van der Waals surface area contributed by atoms with Gasteiger partial charge in [-0.15, -0.1) is 12.4 Å². The summed E-state index contributed by atoms with van der Waals surface area (Å²) in [7, 11) is 0. The molecule has 3 aromatic rings. The predicted octanol–water partition coefficient (Wildman–Crippen LogP) is 2.87.